The average Bonchev–Trinajstić information content (AvgIpc) is 2.73. The van der Waals surface area contributed by atoms with Gasteiger partial charge in [0, 0.05) is 17.8 Å². The first-order valence-corrected chi connectivity index (χ1v) is 8.00. The van der Waals surface area contributed by atoms with Crippen molar-refractivity contribution >= 4 is 11.8 Å². The van der Waals surface area contributed by atoms with Crippen molar-refractivity contribution in [2.45, 2.75) is 68.9 Å². The highest BCUT2D eigenvalue weighted by Crippen LogP contribution is 2.27. The molecule has 0 amide bonds. The Morgan fingerprint density at radius 2 is 2.00 bits per heavy atom. The number of rotatable bonds is 4. The molecule has 0 radical (unpaired) electrons. The fourth-order valence-electron chi connectivity index (χ4n) is 2.93. The number of nitrogens with one attached hydrogen (secondary N) is 1. The highest BCUT2D eigenvalue weighted by Gasteiger charge is 2.26. The molecular formula is C13H25NOS. The molecule has 16 heavy (non-hydrogen) atoms. The van der Waals surface area contributed by atoms with E-state index in [0.29, 0.717) is 12.2 Å². The summed E-state index contributed by atoms with van der Waals surface area (Å²) in [6, 6.07) is 0.725. The fourth-order valence-corrected chi connectivity index (χ4v) is 3.89. The Balaban J connectivity index is 1.71. The second kappa shape index (κ2) is 6.27. The van der Waals surface area contributed by atoms with Gasteiger partial charge in [-0.05, 0) is 38.9 Å². The zero-order valence-electron chi connectivity index (χ0n) is 10.6. The zero-order valence-corrected chi connectivity index (χ0v) is 11.4. The van der Waals surface area contributed by atoms with E-state index in [-0.39, 0.29) is 0 Å². The highest BCUT2D eigenvalue weighted by atomic mass is 32.2. The van der Waals surface area contributed by atoms with E-state index in [0.717, 1.165) is 17.8 Å². The number of hydrogen-bond acceptors (Lipinski definition) is 3. The van der Waals surface area contributed by atoms with E-state index in [1.807, 2.05) is 11.8 Å². The molecule has 0 aromatic rings. The molecule has 1 saturated carbocycles. The molecular weight excluding hydrogens is 218 g/mol. The van der Waals surface area contributed by atoms with Crippen LogP contribution in [0.1, 0.15) is 45.4 Å². The lowest BCUT2D eigenvalue weighted by atomic mass is 9.94. The third kappa shape index (κ3) is 3.38. The van der Waals surface area contributed by atoms with Gasteiger partial charge in [-0.1, -0.05) is 12.8 Å². The lowest BCUT2D eigenvalue weighted by Crippen LogP contribution is -2.43. The lowest BCUT2D eigenvalue weighted by Gasteiger charge is -2.31. The molecule has 2 fully saturated rings. The van der Waals surface area contributed by atoms with E-state index in [1.165, 1.54) is 38.5 Å². The molecule has 2 nitrogen and oxygen atoms in total. The fraction of sp³-hybridized carbons (Fsp3) is 1.00. The van der Waals surface area contributed by atoms with Crippen LogP contribution in [0, 0.1) is 0 Å². The van der Waals surface area contributed by atoms with Crippen molar-refractivity contribution in [1.82, 2.24) is 5.32 Å². The van der Waals surface area contributed by atoms with Gasteiger partial charge in [0.2, 0.25) is 0 Å². The number of hydrogen-bond donors (Lipinski definition) is 1. The van der Waals surface area contributed by atoms with Crippen molar-refractivity contribution in [1.29, 1.82) is 0 Å². The third-order valence-electron chi connectivity index (χ3n) is 3.93. The molecule has 3 heteroatoms. The first-order valence-electron chi connectivity index (χ1n) is 6.71. The molecule has 1 aliphatic carbocycles. The van der Waals surface area contributed by atoms with Gasteiger partial charge in [0.1, 0.15) is 0 Å². The molecule has 2 aliphatic rings. The molecule has 0 aromatic carbocycles. The zero-order chi connectivity index (χ0) is 11.4. The first-order chi connectivity index (χ1) is 7.79. The van der Waals surface area contributed by atoms with E-state index < -0.39 is 0 Å². The first kappa shape index (κ1) is 12.7. The summed E-state index contributed by atoms with van der Waals surface area (Å²) in [6.07, 6.45) is 11.2. The molecule has 4 unspecified atom stereocenters. The summed E-state index contributed by atoms with van der Waals surface area (Å²) >= 11 is 2.03. The van der Waals surface area contributed by atoms with Crippen LogP contribution in [0.4, 0.5) is 0 Å². The average molecular weight is 243 g/mol. The SMILES string of the molecule is CSC1CCCCC1NCC1CCC(C)O1. The van der Waals surface area contributed by atoms with Gasteiger partial charge in [-0.15, -0.1) is 0 Å². The summed E-state index contributed by atoms with van der Waals surface area (Å²) in [5.41, 5.74) is 0. The van der Waals surface area contributed by atoms with Crippen LogP contribution in [0.2, 0.25) is 0 Å². The van der Waals surface area contributed by atoms with Crippen LogP contribution in [-0.4, -0.2) is 36.3 Å². The largest absolute Gasteiger partial charge is 0.374 e. The molecule has 2 rings (SSSR count). The second-order valence-electron chi connectivity index (χ2n) is 5.22. The molecule has 1 N–H and O–H groups in total. The maximum atomic E-state index is 5.85. The maximum Gasteiger partial charge on any atom is 0.0704 e. The van der Waals surface area contributed by atoms with Crippen LogP contribution < -0.4 is 5.32 Å². The molecule has 0 aromatic heterocycles. The van der Waals surface area contributed by atoms with E-state index >= 15 is 0 Å². The van der Waals surface area contributed by atoms with Crippen LogP contribution in [0.3, 0.4) is 0 Å². The molecule has 0 spiro atoms. The predicted octanol–water partition coefficient (Wildman–Crippen LogP) is 2.82. The van der Waals surface area contributed by atoms with E-state index in [4.69, 9.17) is 4.74 Å². The molecule has 94 valence electrons. The normalized spacial score (nSPS) is 40.1. The van der Waals surface area contributed by atoms with Gasteiger partial charge in [-0.3, -0.25) is 0 Å². The molecule has 1 aliphatic heterocycles. The number of ether oxygens (including phenoxy) is 1. The Labute approximate surface area is 104 Å². The monoisotopic (exact) mass is 243 g/mol. The van der Waals surface area contributed by atoms with Crippen LogP contribution >= 0.6 is 11.8 Å². The van der Waals surface area contributed by atoms with Gasteiger partial charge in [0.25, 0.3) is 0 Å². The smallest absolute Gasteiger partial charge is 0.0704 e. The van der Waals surface area contributed by atoms with Crippen LogP contribution in [-0.2, 0) is 4.74 Å². The summed E-state index contributed by atoms with van der Waals surface area (Å²) in [4.78, 5) is 0. The van der Waals surface area contributed by atoms with Gasteiger partial charge in [-0.2, -0.15) is 11.8 Å². The predicted molar refractivity (Wildman–Crippen MR) is 71.1 cm³/mol. The van der Waals surface area contributed by atoms with Crippen molar-refractivity contribution in [2.24, 2.45) is 0 Å². The van der Waals surface area contributed by atoms with Crippen molar-refractivity contribution in [3.63, 3.8) is 0 Å². The molecule has 4 atom stereocenters. The number of thioether (sulfide) groups is 1. The Morgan fingerprint density at radius 1 is 1.19 bits per heavy atom. The lowest BCUT2D eigenvalue weighted by molar-refractivity contribution is 0.0536. The third-order valence-corrected chi connectivity index (χ3v) is 5.10. The molecule has 0 bridgehead atoms. The van der Waals surface area contributed by atoms with Crippen molar-refractivity contribution in [3.8, 4) is 0 Å². The van der Waals surface area contributed by atoms with Crippen molar-refractivity contribution in [2.75, 3.05) is 12.8 Å². The van der Waals surface area contributed by atoms with Gasteiger partial charge in [-0.25, -0.2) is 0 Å². The standard InChI is InChI=1S/C13H25NOS/c1-10-7-8-11(15-10)9-14-12-5-3-4-6-13(12)16-2/h10-14H,3-9H2,1-2H3. The quantitative estimate of drug-likeness (QED) is 0.820. The van der Waals surface area contributed by atoms with Gasteiger partial charge in [0.05, 0.1) is 12.2 Å². The Morgan fingerprint density at radius 3 is 2.69 bits per heavy atom. The van der Waals surface area contributed by atoms with Gasteiger partial charge >= 0.3 is 0 Å². The highest BCUT2D eigenvalue weighted by molar-refractivity contribution is 7.99. The van der Waals surface area contributed by atoms with Crippen LogP contribution in [0.25, 0.3) is 0 Å². The van der Waals surface area contributed by atoms with Gasteiger partial charge < -0.3 is 10.1 Å². The maximum absolute atomic E-state index is 5.85. The van der Waals surface area contributed by atoms with E-state index in [9.17, 15) is 0 Å². The summed E-state index contributed by atoms with van der Waals surface area (Å²) in [5, 5.41) is 4.57. The Bertz CT molecular complexity index is 212. The summed E-state index contributed by atoms with van der Waals surface area (Å²) < 4.78 is 5.85. The van der Waals surface area contributed by atoms with Gasteiger partial charge in [0.15, 0.2) is 0 Å². The summed E-state index contributed by atoms with van der Waals surface area (Å²) in [6.45, 7) is 3.25. The minimum absolute atomic E-state index is 0.472. The van der Waals surface area contributed by atoms with Crippen molar-refractivity contribution in [3.05, 3.63) is 0 Å². The van der Waals surface area contributed by atoms with Crippen LogP contribution in [0.15, 0.2) is 0 Å². The Hall–Kier alpha value is 0.270. The van der Waals surface area contributed by atoms with Crippen LogP contribution in [0.5, 0.6) is 0 Å². The molecule has 1 saturated heterocycles. The summed E-state index contributed by atoms with van der Waals surface area (Å²) in [7, 11) is 0. The Kier molecular flexibility index (Phi) is 4.98. The minimum Gasteiger partial charge on any atom is -0.374 e. The van der Waals surface area contributed by atoms with E-state index in [1.54, 1.807) is 0 Å². The minimum atomic E-state index is 0.472. The second-order valence-corrected chi connectivity index (χ2v) is 6.30. The topological polar surface area (TPSA) is 21.3 Å². The van der Waals surface area contributed by atoms with E-state index in [2.05, 4.69) is 18.5 Å². The molecule has 1 heterocycles. The van der Waals surface area contributed by atoms with Crippen molar-refractivity contribution < 1.29 is 4.74 Å². The summed E-state index contributed by atoms with van der Waals surface area (Å²) in [5.74, 6) is 0.